The number of aliphatic hydroxyl groups excluding tert-OH is 1. The van der Waals surface area contributed by atoms with Gasteiger partial charge in [0.2, 0.25) is 10.0 Å². The van der Waals surface area contributed by atoms with Crippen LogP contribution >= 0.6 is 15.9 Å². The van der Waals surface area contributed by atoms with Crippen molar-refractivity contribution in [3.8, 4) is 0 Å². The number of nitrogens with one attached hydrogen (secondary N) is 1. The van der Waals surface area contributed by atoms with Crippen LogP contribution in [-0.2, 0) is 10.0 Å². The lowest BCUT2D eigenvalue weighted by Gasteiger charge is -2.12. The van der Waals surface area contributed by atoms with E-state index in [0.717, 1.165) is 18.2 Å². The first-order valence-electron chi connectivity index (χ1n) is 4.45. The Labute approximate surface area is 102 Å². The van der Waals surface area contributed by atoms with E-state index in [1.54, 1.807) is 0 Å². The van der Waals surface area contributed by atoms with Gasteiger partial charge in [-0.1, -0.05) is 0 Å². The van der Waals surface area contributed by atoms with Crippen LogP contribution in [0.2, 0.25) is 0 Å². The average molecular weight is 312 g/mol. The number of rotatable bonds is 4. The average Bonchev–Trinajstić information content (AvgIpc) is 2.16. The maximum Gasteiger partial charge on any atom is 0.242 e. The molecule has 16 heavy (non-hydrogen) atoms. The van der Waals surface area contributed by atoms with Crippen LogP contribution in [0.3, 0.4) is 0 Å². The molecule has 1 atom stereocenters. The normalized spacial score (nSPS) is 13.8. The van der Waals surface area contributed by atoms with Crippen molar-refractivity contribution in [1.82, 2.24) is 4.72 Å². The Bertz CT molecular complexity index is 478. The van der Waals surface area contributed by atoms with Crippen molar-refractivity contribution < 1.29 is 17.9 Å². The molecule has 0 heterocycles. The minimum absolute atomic E-state index is 0.0609. The van der Waals surface area contributed by atoms with Gasteiger partial charge in [-0.2, -0.15) is 0 Å². The highest BCUT2D eigenvalue weighted by Gasteiger charge is 2.19. The highest BCUT2D eigenvalue weighted by atomic mass is 79.9. The number of halogens is 2. The molecule has 0 unspecified atom stereocenters. The Morgan fingerprint density at radius 1 is 1.56 bits per heavy atom. The summed E-state index contributed by atoms with van der Waals surface area (Å²) in [6.45, 7) is 1.22. The molecule has 0 aromatic heterocycles. The van der Waals surface area contributed by atoms with E-state index >= 15 is 0 Å². The summed E-state index contributed by atoms with van der Waals surface area (Å²) in [5.41, 5.74) is 0. The lowest BCUT2D eigenvalue weighted by atomic mass is 10.3. The number of sulfonamides is 1. The van der Waals surface area contributed by atoms with Crippen molar-refractivity contribution in [1.29, 1.82) is 0 Å². The fourth-order valence-corrected chi connectivity index (χ4v) is 3.34. The van der Waals surface area contributed by atoms with Gasteiger partial charge in [-0.15, -0.1) is 0 Å². The quantitative estimate of drug-likeness (QED) is 0.879. The third-order valence-electron chi connectivity index (χ3n) is 1.81. The SMILES string of the molecule is C[C@H](CO)NS(=O)(=O)c1ccc(F)cc1Br. The number of hydrogen-bond acceptors (Lipinski definition) is 3. The first-order valence-corrected chi connectivity index (χ1v) is 6.72. The second kappa shape index (κ2) is 5.22. The maximum atomic E-state index is 12.8. The van der Waals surface area contributed by atoms with Gasteiger partial charge in [-0.05, 0) is 41.1 Å². The van der Waals surface area contributed by atoms with E-state index < -0.39 is 21.9 Å². The molecule has 0 bridgehead atoms. The Morgan fingerprint density at radius 3 is 2.69 bits per heavy atom. The predicted octanol–water partition coefficient (Wildman–Crippen LogP) is 1.25. The summed E-state index contributed by atoms with van der Waals surface area (Å²) in [7, 11) is -3.74. The van der Waals surface area contributed by atoms with E-state index in [-0.39, 0.29) is 16.0 Å². The molecule has 0 spiro atoms. The van der Waals surface area contributed by atoms with Crippen molar-refractivity contribution in [2.75, 3.05) is 6.61 Å². The van der Waals surface area contributed by atoms with Crippen LogP contribution in [0.15, 0.2) is 27.6 Å². The second-order valence-corrected chi connectivity index (χ2v) is 5.82. The summed E-state index contributed by atoms with van der Waals surface area (Å²) in [4.78, 5) is -0.0609. The van der Waals surface area contributed by atoms with Crippen molar-refractivity contribution >= 4 is 26.0 Å². The van der Waals surface area contributed by atoms with Gasteiger partial charge in [0.1, 0.15) is 5.82 Å². The fraction of sp³-hybridized carbons (Fsp3) is 0.333. The van der Waals surface area contributed by atoms with E-state index in [1.807, 2.05) is 0 Å². The molecule has 0 aliphatic rings. The summed E-state index contributed by atoms with van der Waals surface area (Å²) >= 11 is 2.97. The predicted molar refractivity (Wildman–Crippen MR) is 61.0 cm³/mol. The molecule has 0 fully saturated rings. The van der Waals surface area contributed by atoms with Crippen LogP contribution in [0.25, 0.3) is 0 Å². The van der Waals surface area contributed by atoms with Gasteiger partial charge in [0.05, 0.1) is 11.5 Å². The molecular weight excluding hydrogens is 301 g/mol. The summed E-state index contributed by atoms with van der Waals surface area (Å²) in [6, 6.07) is 2.69. The van der Waals surface area contributed by atoms with Crippen LogP contribution in [0, 0.1) is 5.82 Å². The van der Waals surface area contributed by atoms with Crippen LogP contribution in [-0.4, -0.2) is 26.2 Å². The van der Waals surface area contributed by atoms with Crippen molar-refractivity contribution in [3.05, 3.63) is 28.5 Å². The Hall–Kier alpha value is -0.500. The second-order valence-electron chi connectivity index (χ2n) is 3.28. The smallest absolute Gasteiger partial charge is 0.242 e. The molecule has 1 aromatic rings. The Balaban J connectivity index is 3.08. The number of hydrogen-bond donors (Lipinski definition) is 2. The third kappa shape index (κ3) is 3.24. The van der Waals surface area contributed by atoms with Crippen molar-refractivity contribution in [2.24, 2.45) is 0 Å². The molecule has 7 heteroatoms. The van der Waals surface area contributed by atoms with E-state index in [4.69, 9.17) is 5.11 Å². The monoisotopic (exact) mass is 311 g/mol. The summed E-state index contributed by atoms with van der Waals surface area (Å²) in [5, 5.41) is 8.76. The molecule has 0 saturated heterocycles. The van der Waals surface area contributed by atoms with E-state index in [2.05, 4.69) is 20.7 Å². The van der Waals surface area contributed by atoms with Crippen LogP contribution < -0.4 is 4.72 Å². The zero-order valence-electron chi connectivity index (χ0n) is 8.44. The van der Waals surface area contributed by atoms with Gasteiger partial charge in [-0.25, -0.2) is 17.5 Å². The molecule has 2 N–H and O–H groups in total. The van der Waals surface area contributed by atoms with Gasteiger partial charge in [0.15, 0.2) is 0 Å². The summed E-state index contributed by atoms with van der Waals surface area (Å²) < 4.78 is 38.7. The molecule has 0 amide bonds. The van der Waals surface area contributed by atoms with Gasteiger partial charge < -0.3 is 5.11 Å². The van der Waals surface area contributed by atoms with Crippen LogP contribution in [0.4, 0.5) is 4.39 Å². The van der Waals surface area contributed by atoms with Crippen LogP contribution in [0.1, 0.15) is 6.92 Å². The van der Waals surface area contributed by atoms with E-state index in [0.29, 0.717) is 0 Å². The maximum absolute atomic E-state index is 12.8. The zero-order valence-corrected chi connectivity index (χ0v) is 10.8. The van der Waals surface area contributed by atoms with Gasteiger partial charge >= 0.3 is 0 Å². The van der Waals surface area contributed by atoms with Gasteiger partial charge in [0, 0.05) is 10.5 Å². The van der Waals surface area contributed by atoms with E-state index in [9.17, 15) is 12.8 Å². The lowest BCUT2D eigenvalue weighted by molar-refractivity contribution is 0.265. The third-order valence-corrected chi connectivity index (χ3v) is 4.38. The summed E-state index contributed by atoms with van der Waals surface area (Å²) in [6.07, 6.45) is 0. The number of benzene rings is 1. The highest BCUT2D eigenvalue weighted by Crippen LogP contribution is 2.22. The Morgan fingerprint density at radius 2 is 2.19 bits per heavy atom. The molecule has 90 valence electrons. The molecule has 1 aromatic carbocycles. The molecule has 0 radical (unpaired) electrons. The first kappa shape index (κ1) is 13.6. The zero-order chi connectivity index (χ0) is 12.3. The highest BCUT2D eigenvalue weighted by molar-refractivity contribution is 9.10. The van der Waals surface area contributed by atoms with Crippen molar-refractivity contribution in [2.45, 2.75) is 17.9 Å². The van der Waals surface area contributed by atoms with Gasteiger partial charge in [-0.3, -0.25) is 0 Å². The Kier molecular flexibility index (Phi) is 4.43. The molecule has 1 rings (SSSR count). The fourth-order valence-electron chi connectivity index (χ4n) is 1.06. The lowest BCUT2D eigenvalue weighted by Crippen LogP contribution is -2.35. The summed E-state index contributed by atoms with van der Waals surface area (Å²) in [5.74, 6) is -0.527. The van der Waals surface area contributed by atoms with E-state index in [1.165, 1.54) is 6.92 Å². The minimum atomic E-state index is -3.74. The van der Waals surface area contributed by atoms with Crippen LogP contribution in [0.5, 0.6) is 0 Å². The molecule has 0 saturated carbocycles. The standard InChI is InChI=1S/C9H11BrFNO3S/c1-6(5-13)12-16(14,15)9-3-2-7(11)4-8(9)10/h2-4,6,12-13H,5H2,1H3/t6-/m1/s1. The minimum Gasteiger partial charge on any atom is -0.395 e. The number of aliphatic hydroxyl groups is 1. The molecule has 4 nitrogen and oxygen atoms in total. The molecular formula is C9H11BrFNO3S. The van der Waals surface area contributed by atoms with Crippen molar-refractivity contribution in [3.63, 3.8) is 0 Å². The topological polar surface area (TPSA) is 66.4 Å². The molecule has 0 aliphatic heterocycles. The first-order chi connectivity index (χ1) is 7.36. The van der Waals surface area contributed by atoms with Gasteiger partial charge in [0.25, 0.3) is 0 Å². The molecule has 0 aliphatic carbocycles. The largest absolute Gasteiger partial charge is 0.395 e.